The molecule has 1 heterocycles. The lowest BCUT2D eigenvalue weighted by atomic mass is 9.90. The SMILES string of the molecule is C[C@@]1(C(=O)O)CCN(C(=O)c2ccccc2OCC2CC2)C1. The molecule has 0 aromatic heterocycles. The number of aliphatic carboxylic acids is 1. The molecule has 2 aliphatic rings. The van der Waals surface area contributed by atoms with Crippen molar-refractivity contribution in [1.29, 1.82) is 0 Å². The molecule has 1 N–H and O–H groups in total. The highest BCUT2D eigenvalue weighted by Gasteiger charge is 2.42. The largest absolute Gasteiger partial charge is 0.492 e. The number of hydrogen-bond donors (Lipinski definition) is 1. The number of carbonyl (C=O) groups excluding carboxylic acids is 1. The Hall–Kier alpha value is -2.04. The van der Waals surface area contributed by atoms with Gasteiger partial charge in [-0.15, -0.1) is 0 Å². The molecule has 1 atom stereocenters. The van der Waals surface area contributed by atoms with Crippen LogP contribution < -0.4 is 4.74 Å². The van der Waals surface area contributed by atoms with E-state index in [1.54, 1.807) is 17.9 Å². The van der Waals surface area contributed by atoms with Gasteiger partial charge in [-0.25, -0.2) is 0 Å². The van der Waals surface area contributed by atoms with Gasteiger partial charge in [0.15, 0.2) is 0 Å². The van der Waals surface area contributed by atoms with E-state index in [0.29, 0.717) is 36.8 Å². The van der Waals surface area contributed by atoms with Crippen molar-refractivity contribution in [3.63, 3.8) is 0 Å². The lowest BCUT2D eigenvalue weighted by molar-refractivity contribution is -0.147. The van der Waals surface area contributed by atoms with Gasteiger partial charge in [-0.05, 0) is 44.2 Å². The van der Waals surface area contributed by atoms with Crippen LogP contribution in [0.25, 0.3) is 0 Å². The van der Waals surface area contributed by atoms with Crippen LogP contribution in [-0.2, 0) is 4.79 Å². The Labute approximate surface area is 129 Å². The zero-order valence-electron chi connectivity index (χ0n) is 12.7. The summed E-state index contributed by atoms with van der Waals surface area (Å²) in [6.07, 6.45) is 2.87. The molecule has 2 fully saturated rings. The molecule has 22 heavy (non-hydrogen) atoms. The van der Waals surface area contributed by atoms with Gasteiger partial charge in [-0.2, -0.15) is 0 Å². The van der Waals surface area contributed by atoms with Gasteiger partial charge in [-0.3, -0.25) is 9.59 Å². The highest BCUT2D eigenvalue weighted by molar-refractivity contribution is 5.97. The molecule has 0 unspecified atom stereocenters. The minimum Gasteiger partial charge on any atom is -0.492 e. The van der Waals surface area contributed by atoms with Gasteiger partial charge in [0.25, 0.3) is 5.91 Å². The second-order valence-electron chi connectivity index (χ2n) is 6.59. The smallest absolute Gasteiger partial charge is 0.311 e. The van der Waals surface area contributed by atoms with Crippen molar-refractivity contribution in [1.82, 2.24) is 4.90 Å². The Bertz CT molecular complexity index is 596. The van der Waals surface area contributed by atoms with Crippen molar-refractivity contribution in [2.75, 3.05) is 19.7 Å². The van der Waals surface area contributed by atoms with Crippen LogP contribution in [0.3, 0.4) is 0 Å². The van der Waals surface area contributed by atoms with E-state index in [-0.39, 0.29) is 12.5 Å². The minimum atomic E-state index is -0.848. The Balaban J connectivity index is 1.73. The molecule has 5 heteroatoms. The van der Waals surface area contributed by atoms with Crippen molar-refractivity contribution in [2.24, 2.45) is 11.3 Å². The minimum absolute atomic E-state index is 0.142. The first-order chi connectivity index (χ1) is 10.5. The molecule has 1 aliphatic heterocycles. The van der Waals surface area contributed by atoms with Crippen LogP contribution in [0.15, 0.2) is 24.3 Å². The maximum absolute atomic E-state index is 12.7. The molecule has 3 rings (SSSR count). The Kier molecular flexibility index (Phi) is 3.81. The van der Waals surface area contributed by atoms with E-state index in [0.717, 1.165) is 0 Å². The van der Waals surface area contributed by atoms with Gasteiger partial charge in [0.2, 0.25) is 0 Å². The summed E-state index contributed by atoms with van der Waals surface area (Å²) in [4.78, 5) is 25.6. The van der Waals surface area contributed by atoms with Crippen molar-refractivity contribution in [2.45, 2.75) is 26.2 Å². The van der Waals surface area contributed by atoms with Gasteiger partial charge >= 0.3 is 5.97 Å². The fraction of sp³-hybridized carbons (Fsp3) is 0.529. The van der Waals surface area contributed by atoms with Crippen LogP contribution in [0.1, 0.15) is 36.5 Å². The molecule has 1 aliphatic carbocycles. The summed E-state index contributed by atoms with van der Waals surface area (Å²) in [5.74, 6) is 0.228. The summed E-state index contributed by atoms with van der Waals surface area (Å²) in [7, 11) is 0. The maximum atomic E-state index is 12.7. The summed E-state index contributed by atoms with van der Waals surface area (Å²) < 4.78 is 5.78. The number of amides is 1. The van der Waals surface area contributed by atoms with E-state index in [1.807, 2.05) is 18.2 Å². The molecule has 1 aromatic rings. The van der Waals surface area contributed by atoms with Crippen molar-refractivity contribution in [3.8, 4) is 5.75 Å². The summed E-state index contributed by atoms with van der Waals surface area (Å²) in [6, 6.07) is 7.22. The zero-order chi connectivity index (χ0) is 15.7. The van der Waals surface area contributed by atoms with Crippen LogP contribution in [0.4, 0.5) is 0 Å². The molecule has 1 saturated heterocycles. The molecule has 1 aromatic carbocycles. The topological polar surface area (TPSA) is 66.8 Å². The lowest BCUT2D eigenvalue weighted by Gasteiger charge is -2.21. The predicted octanol–water partition coefficient (Wildman–Crippen LogP) is 2.41. The first-order valence-corrected chi connectivity index (χ1v) is 7.74. The number of hydrogen-bond acceptors (Lipinski definition) is 3. The van der Waals surface area contributed by atoms with Crippen molar-refractivity contribution in [3.05, 3.63) is 29.8 Å². The maximum Gasteiger partial charge on any atom is 0.311 e. The van der Waals surface area contributed by atoms with Crippen molar-refractivity contribution >= 4 is 11.9 Å². The molecule has 0 radical (unpaired) electrons. The summed E-state index contributed by atoms with van der Waals surface area (Å²) in [5, 5.41) is 9.29. The summed E-state index contributed by atoms with van der Waals surface area (Å²) >= 11 is 0. The monoisotopic (exact) mass is 303 g/mol. The Morgan fingerprint density at radius 2 is 2.09 bits per heavy atom. The molecule has 1 amide bonds. The number of ether oxygens (including phenoxy) is 1. The van der Waals surface area contributed by atoms with Gasteiger partial charge in [0.1, 0.15) is 5.75 Å². The fourth-order valence-electron chi connectivity index (χ4n) is 2.74. The van der Waals surface area contributed by atoms with Crippen molar-refractivity contribution < 1.29 is 19.4 Å². The van der Waals surface area contributed by atoms with E-state index < -0.39 is 11.4 Å². The first-order valence-electron chi connectivity index (χ1n) is 7.74. The predicted molar refractivity (Wildman–Crippen MR) is 80.9 cm³/mol. The van der Waals surface area contributed by atoms with Crippen LogP contribution >= 0.6 is 0 Å². The lowest BCUT2D eigenvalue weighted by Crippen LogP contribution is -2.35. The van der Waals surface area contributed by atoms with Crippen LogP contribution in [0, 0.1) is 11.3 Å². The van der Waals surface area contributed by atoms with E-state index in [2.05, 4.69) is 0 Å². The van der Waals surface area contributed by atoms with E-state index >= 15 is 0 Å². The van der Waals surface area contributed by atoms with Gasteiger partial charge in [0, 0.05) is 13.1 Å². The second kappa shape index (κ2) is 5.63. The molecule has 0 spiro atoms. The number of para-hydroxylation sites is 1. The van der Waals surface area contributed by atoms with E-state index in [4.69, 9.17) is 4.74 Å². The molecular formula is C17H21NO4. The van der Waals surface area contributed by atoms with Crippen LogP contribution in [0.2, 0.25) is 0 Å². The number of carbonyl (C=O) groups is 2. The molecule has 5 nitrogen and oxygen atoms in total. The molecule has 1 saturated carbocycles. The molecule has 0 bridgehead atoms. The fourth-order valence-corrected chi connectivity index (χ4v) is 2.74. The second-order valence-corrected chi connectivity index (χ2v) is 6.59. The number of carboxylic acids is 1. The summed E-state index contributed by atoms with van der Waals surface area (Å²) in [6.45, 7) is 3.06. The van der Waals surface area contributed by atoms with Gasteiger partial charge in [0.05, 0.1) is 17.6 Å². The standard InChI is InChI=1S/C17H21NO4/c1-17(16(20)21)8-9-18(11-17)15(19)13-4-2-3-5-14(13)22-10-12-6-7-12/h2-5,12H,6-11H2,1H3,(H,20,21)/t17-/m1/s1. The average Bonchev–Trinajstić information content (AvgIpc) is 3.25. The summed E-state index contributed by atoms with van der Waals surface area (Å²) in [5.41, 5.74) is -0.322. The third kappa shape index (κ3) is 2.93. The Morgan fingerprint density at radius 3 is 2.73 bits per heavy atom. The van der Waals surface area contributed by atoms with Gasteiger partial charge < -0.3 is 14.7 Å². The number of carboxylic acid groups (broad SMARTS) is 1. The third-order valence-electron chi connectivity index (χ3n) is 4.57. The van der Waals surface area contributed by atoms with E-state index in [9.17, 15) is 14.7 Å². The zero-order valence-corrected chi connectivity index (χ0v) is 12.7. The quantitative estimate of drug-likeness (QED) is 0.907. The van der Waals surface area contributed by atoms with E-state index in [1.165, 1.54) is 12.8 Å². The Morgan fingerprint density at radius 1 is 1.36 bits per heavy atom. The number of rotatable bonds is 5. The normalized spacial score (nSPS) is 24.3. The number of likely N-dealkylation sites (tertiary alicyclic amines) is 1. The molecule has 118 valence electrons. The first kappa shape index (κ1) is 14.9. The van der Waals surface area contributed by atoms with Gasteiger partial charge in [-0.1, -0.05) is 12.1 Å². The molecular weight excluding hydrogens is 282 g/mol. The number of benzene rings is 1. The van der Waals surface area contributed by atoms with Crippen LogP contribution in [-0.4, -0.2) is 41.6 Å². The highest BCUT2D eigenvalue weighted by Crippen LogP contribution is 2.33. The number of nitrogens with zero attached hydrogens (tertiary/aromatic N) is 1. The average molecular weight is 303 g/mol. The highest BCUT2D eigenvalue weighted by atomic mass is 16.5. The third-order valence-corrected chi connectivity index (χ3v) is 4.57. The van der Waals surface area contributed by atoms with Crippen LogP contribution in [0.5, 0.6) is 5.75 Å².